The van der Waals surface area contributed by atoms with Gasteiger partial charge in [0, 0.05) is 10.0 Å². The quantitative estimate of drug-likeness (QED) is 0.801. The molecule has 130 valence electrons. The van der Waals surface area contributed by atoms with Crippen LogP contribution in [0.4, 0.5) is 18.9 Å². The normalized spacial score (nSPS) is 12.1. The van der Waals surface area contributed by atoms with Crippen LogP contribution >= 0.6 is 23.2 Å². The first-order chi connectivity index (χ1) is 11.0. The van der Waals surface area contributed by atoms with E-state index in [0.717, 1.165) is 18.2 Å². The number of halogens is 5. The first kappa shape index (κ1) is 18.7. The molecule has 0 aromatic heterocycles. The number of ether oxygens (including phenoxy) is 1. The van der Waals surface area contributed by atoms with Gasteiger partial charge in [-0.2, -0.15) is 13.2 Å². The molecule has 4 nitrogen and oxygen atoms in total. The summed E-state index contributed by atoms with van der Waals surface area (Å²) in [7, 11) is -3.15. The summed E-state index contributed by atoms with van der Waals surface area (Å²) in [4.78, 5) is -0.388. The Balaban J connectivity index is 2.54. The lowest BCUT2D eigenvalue weighted by Gasteiger charge is -2.16. The zero-order chi connectivity index (χ0) is 18.1. The molecule has 0 bridgehead atoms. The van der Waals surface area contributed by atoms with Gasteiger partial charge in [0.05, 0.1) is 18.4 Å². The minimum atomic E-state index is -4.79. The van der Waals surface area contributed by atoms with Crippen LogP contribution in [0.3, 0.4) is 0 Å². The van der Waals surface area contributed by atoms with E-state index in [4.69, 9.17) is 27.9 Å². The highest BCUT2D eigenvalue weighted by Gasteiger charge is 2.35. The molecule has 2 rings (SSSR count). The number of methoxy groups -OCH3 is 1. The molecule has 10 heteroatoms. The summed E-state index contributed by atoms with van der Waals surface area (Å²) < 4.78 is 70.9. The Hall–Kier alpha value is -1.64. The standard InChI is InChI=1S/C14H10Cl2F3NO3S/c1-23-12-5-3-9(16)7-13(12)24(21,22)20-11-4-2-8(15)6-10(11)14(17,18)19/h2-7,20H,1H3. The highest BCUT2D eigenvalue weighted by molar-refractivity contribution is 7.92. The van der Waals surface area contributed by atoms with Crippen LogP contribution in [0.5, 0.6) is 5.75 Å². The van der Waals surface area contributed by atoms with Crippen LogP contribution in [-0.2, 0) is 16.2 Å². The number of hydrogen-bond donors (Lipinski definition) is 1. The molecule has 0 radical (unpaired) electrons. The largest absolute Gasteiger partial charge is 0.495 e. The molecular formula is C14H10Cl2F3NO3S. The van der Waals surface area contributed by atoms with Crippen LogP contribution in [0, 0.1) is 0 Å². The molecule has 1 N–H and O–H groups in total. The van der Waals surface area contributed by atoms with Crippen molar-refractivity contribution in [2.45, 2.75) is 11.1 Å². The second kappa shape index (κ2) is 6.70. The summed E-state index contributed by atoms with van der Waals surface area (Å²) in [5.74, 6) is -0.0607. The van der Waals surface area contributed by atoms with E-state index in [9.17, 15) is 21.6 Å². The van der Waals surface area contributed by atoms with Crippen molar-refractivity contribution < 1.29 is 26.3 Å². The number of benzene rings is 2. The maximum atomic E-state index is 13.1. The summed E-state index contributed by atoms with van der Waals surface area (Å²) in [5, 5.41) is -0.0889. The van der Waals surface area contributed by atoms with E-state index in [0.29, 0.717) is 6.07 Å². The lowest BCUT2D eigenvalue weighted by Crippen LogP contribution is -2.18. The first-order valence-corrected chi connectivity index (χ1v) is 8.51. The van der Waals surface area contributed by atoms with Crippen LogP contribution < -0.4 is 9.46 Å². The van der Waals surface area contributed by atoms with Crippen LogP contribution in [-0.4, -0.2) is 15.5 Å². The lowest BCUT2D eigenvalue weighted by atomic mass is 10.2. The van der Waals surface area contributed by atoms with Gasteiger partial charge in [0.2, 0.25) is 0 Å². The average Bonchev–Trinajstić information content (AvgIpc) is 2.48. The summed E-state index contributed by atoms with van der Waals surface area (Å²) in [6.07, 6.45) is -4.79. The second-order valence-electron chi connectivity index (χ2n) is 4.59. The minimum absolute atomic E-state index is 0.0607. The van der Waals surface area contributed by atoms with Gasteiger partial charge in [0.1, 0.15) is 10.6 Å². The topological polar surface area (TPSA) is 55.4 Å². The maximum absolute atomic E-state index is 13.1. The Morgan fingerprint density at radius 2 is 1.62 bits per heavy atom. The van der Waals surface area contributed by atoms with Crippen molar-refractivity contribution in [3.8, 4) is 5.75 Å². The molecule has 0 aliphatic carbocycles. The molecule has 0 amide bonds. The predicted molar refractivity (Wildman–Crippen MR) is 85.3 cm³/mol. The van der Waals surface area contributed by atoms with Crippen LogP contribution in [0.15, 0.2) is 41.3 Å². The van der Waals surface area contributed by atoms with Crippen molar-refractivity contribution in [1.29, 1.82) is 0 Å². The van der Waals surface area contributed by atoms with Crippen molar-refractivity contribution in [2.75, 3.05) is 11.8 Å². The summed E-state index contributed by atoms with van der Waals surface area (Å²) in [6, 6.07) is 6.47. The third-order valence-electron chi connectivity index (χ3n) is 2.95. The molecule has 0 fully saturated rings. The van der Waals surface area contributed by atoms with Crippen molar-refractivity contribution in [2.24, 2.45) is 0 Å². The Labute approximate surface area is 146 Å². The van der Waals surface area contributed by atoms with E-state index in [1.165, 1.54) is 19.2 Å². The SMILES string of the molecule is COc1ccc(Cl)cc1S(=O)(=O)Nc1ccc(Cl)cc1C(F)(F)F. The Morgan fingerprint density at radius 3 is 2.21 bits per heavy atom. The number of rotatable bonds is 4. The van der Waals surface area contributed by atoms with E-state index >= 15 is 0 Å². The van der Waals surface area contributed by atoms with Crippen molar-refractivity contribution in [3.63, 3.8) is 0 Å². The van der Waals surface area contributed by atoms with Crippen LogP contribution in [0.1, 0.15) is 5.56 Å². The molecule has 0 spiro atoms. The summed E-state index contributed by atoms with van der Waals surface area (Å²) in [5.41, 5.74) is -1.87. The number of alkyl halides is 3. The molecule has 0 saturated carbocycles. The van der Waals surface area contributed by atoms with Gasteiger partial charge < -0.3 is 4.74 Å². The molecule has 2 aromatic carbocycles. The minimum Gasteiger partial charge on any atom is -0.495 e. The Bertz CT molecular complexity index is 870. The fourth-order valence-corrected chi connectivity index (χ4v) is 3.59. The van der Waals surface area contributed by atoms with Gasteiger partial charge in [-0.1, -0.05) is 23.2 Å². The van der Waals surface area contributed by atoms with Crippen molar-refractivity contribution in [1.82, 2.24) is 0 Å². The van der Waals surface area contributed by atoms with Crippen molar-refractivity contribution >= 4 is 38.9 Å². The molecule has 2 aromatic rings. The van der Waals surface area contributed by atoms with Gasteiger partial charge in [-0.3, -0.25) is 4.72 Å². The molecular weight excluding hydrogens is 390 g/mol. The molecule has 0 heterocycles. The van der Waals surface area contributed by atoms with Gasteiger partial charge in [0.15, 0.2) is 0 Å². The number of nitrogens with one attached hydrogen (secondary N) is 1. The third kappa shape index (κ3) is 4.06. The molecule has 0 atom stereocenters. The molecule has 0 saturated heterocycles. The average molecular weight is 400 g/mol. The highest BCUT2D eigenvalue weighted by atomic mass is 35.5. The van der Waals surface area contributed by atoms with E-state index < -0.39 is 27.5 Å². The van der Waals surface area contributed by atoms with Crippen molar-refractivity contribution in [3.05, 3.63) is 52.0 Å². The van der Waals surface area contributed by atoms with E-state index in [1.54, 1.807) is 0 Å². The summed E-state index contributed by atoms with van der Waals surface area (Å²) in [6.45, 7) is 0. The monoisotopic (exact) mass is 399 g/mol. The van der Waals surface area contributed by atoms with Gasteiger partial charge in [-0.25, -0.2) is 8.42 Å². The first-order valence-electron chi connectivity index (χ1n) is 6.27. The lowest BCUT2D eigenvalue weighted by molar-refractivity contribution is -0.136. The third-order valence-corrected chi connectivity index (χ3v) is 4.80. The molecule has 0 aliphatic heterocycles. The molecule has 0 aliphatic rings. The molecule has 0 unspecified atom stereocenters. The van der Waals surface area contributed by atoms with E-state index in [2.05, 4.69) is 0 Å². The van der Waals surface area contributed by atoms with Gasteiger partial charge in [0.25, 0.3) is 10.0 Å². The number of hydrogen-bond acceptors (Lipinski definition) is 3. The predicted octanol–water partition coefficient (Wildman–Crippen LogP) is 4.82. The smallest absolute Gasteiger partial charge is 0.418 e. The fraction of sp³-hybridized carbons (Fsp3) is 0.143. The van der Waals surface area contributed by atoms with Crippen LogP contribution in [0.25, 0.3) is 0 Å². The summed E-state index contributed by atoms with van der Waals surface area (Å²) >= 11 is 11.3. The zero-order valence-electron chi connectivity index (χ0n) is 12.0. The van der Waals surface area contributed by atoms with E-state index in [1.807, 2.05) is 4.72 Å². The highest BCUT2D eigenvalue weighted by Crippen LogP contribution is 2.38. The Kier molecular flexibility index (Phi) is 5.22. The van der Waals surface area contributed by atoms with Crippen LogP contribution in [0.2, 0.25) is 10.0 Å². The van der Waals surface area contributed by atoms with Gasteiger partial charge >= 0.3 is 6.18 Å². The number of anilines is 1. The van der Waals surface area contributed by atoms with E-state index in [-0.39, 0.29) is 20.7 Å². The molecule has 24 heavy (non-hydrogen) atoms. The Morgan fingerprint density at radius 1 is 1.04 bits per heavy atom. The fourth-order valence-electron chi connectivity index (χ4n) is 1.90. The number of sulfonamides is 1. The maximum Gasteiger partial charge on any atom is 0.418 e. The van der Waals surface area contributed by atoms with Gasteiger partial charge in [-0.15, -0.1) is 0 Å². The van der Waals surface area contributed by atoms with Gasteiger partial charge in [-0.05, 0) is 36.4 Å². The zero-order valence-corrected chi connectivity index (χ0v) is 14.3. The second-order valence-corrected chi connectivity index (χ2v) is 7.11.